The van der Waals surface area contributed by atoms with E-state index in [0.717, 1.165) is 44.0 Å². The maximum absolute atomic E-state index is 5.78. The second-order valence-corrected chi connectivity index (χ2v) is 6.91. The molecule has 0 aliphatic carbocycles. The van der Waals surface area contributed by atoms with Gasteiger partial charge in [-0.05, 0) is 51.9 Å². The molecule has 25 heavy (non-hydrogen) atoms. The van der Waals surface area contributed by atoms with Crippen molar-refractivity contribution in [1.29, 1.82) is 0 Å². The largest absolute Gasteiger partial charge is 0.373 e. The number of rotatable bonds is 8. The van der Waals surface area contributed by atoms with Crippen molar-refractivity contribution >= 4 is 0 Å². The van der Waals surface area contributed by atoms with Crippen LogP contribution in [0.1, 0.15) is 32.3 Å². The van der Waals surface area contributed by atoms with Crippen molar-refractivity contribution in [3.8, 4) is 11.3 Å². The molecule has 3 rings (SSSR count). The number of ether oxygens (including phenoxy) is 1. The van der Waals surface area contributed by atoms with Crippen molar-refractivity contribution in [2.24, 2.45) is 0 Å². The minimum absolute atomic E-state index is 0.355. The van der Waals surface area contributed by atoms with Gasteiger partial charge in [-0.2, -0.15) is 5.10 Å². The molecule has 1 aliphatic rings. The molecule has 3 heterocycles. The predicted molar refractivity (Wildman–Crippen MR) is 99.2 cm³/mol. The van der Waals surface area contributed by atoms with E-state index in [-0.39, 0.29) is 0 Å². The summed E-state index contributed by atoms with van der Waals surface area (Å²) in [6.45, 7) is 9.44. The standard InChI is InChI=1S/C19H29N5O/c1-15-13-24(14-16(2)25-15)9-4-3-7-20-11-18-12-22-23-19(18)17-6-5-8-21-10-17/h5-6,8,10,12,15-16,20H,3-4,7,9,11,13-14H2,1-2H3,(H,22,23). The second kappa shape index (κ2) is 9.08. The van der Waals surface area contributed by atoms with Crippen molar-refractivity contribution in [2.75, 3.05) is 26.2 Å². The van der Waals surface area contributed by atoms with Crippen LogP contribution in [0.3, 0.4) is 0 Å². The lowest BCUT2D eigenvalue weighted by Gasteiger charge is -2.35. The van der Waals surface area contributed by atoms with Crippen LogP contribution < -0.4 is 5.32 Å². The Balaban J connectivity index is 1.35. The average molecular weight is 343 g/mol. The van der Waals surface area contributed by atoms with Gasteiger partial charge in [-0.1, -0.05) is 0 Å². The molecule has 0 aromatic carbocycles. The van der Waals surface area contributed by atoms with Crippen LogP contribution >= 0.6 is 0 Å². The highest BCUT2D eigenvalue weighted by molar-refractivity contribution is 5.61. The number of pyridine rings is 1. The molecular formula is C19H29N5O. The SMILES string of the molecule is CC1CN(CCCCNCc2cn[nH]c2-c2cccnc2)CC(C)O1. The molecular weight excluding hydrogens is 314 g/mol. The van der Waals surface area contributed by atoms with Crippen LogP contribution in [0.5, 0.6) is 0 Å². The van der Waals surface area contributed by atoms with Gasteiger partial charge in [0, 0.05) is 43.2 Å². The smallest absolute Gasteiger partial charge is 0.0710 e. The summed E-state index contributed by atoms with van der Waals surface area (Å²) in [5.41, 5.74) is 3.31. The number of nitrogens with one attached hydrogen (secondary N) is 2. The summed E-state index contributed by atoms with van der Waals surface area (Å²) in [7, 11) is 0. The average Bonchev–Trinajstić information content (AvgIpc) is 3.06. The number of morpholine rings is 1. The Labute approximate surface area is 150 Å². The van der Waals surface area contributed by atoms with Gasteiger partial charge in [0.2, 0.25) is 0 Å². The fourth-order valence-electron chi connectivity index (χ4n) is 3.48. The fourth-order valence-corrected chi connectivity index (χ4v) is 3.48. The van der Waals surface area contributed by atoms with E-state index >= 15 is 0 Å². The molecule has 1 aliphatic heterocycles. The van der Waals surface area contributed by atoms with Crippen LogP contribution in [-0.4, -0.2) is 58.5 Å². The van der Waals surface area contributed by atoms with E-state index in [2.05, 4.69) is 39.2 Å². The molecule has 0 radical (unpaired) electrons. The second-order valence-electron chi connectivity index (χ2n) is 6.91. The van der Waals surface area contributed by atoms with E-state index in [1.54, 1.807) is 6.20 Å². The van der Waals surface area contributed by atoms with Crippen molar-refractivity contribution < 1.29 is 4.74 Å². The minimum atomic E-state index is 0.355. The van der Waals surface area contributed by atoms with E-state index in [9.17, 15) is 0 Å². The first-order valence-corrected chi connectivity index (χ1v) is 9.23. The normalized spacial score (nSPS) is 21.5. The van der Waals surface area contributed by atoms with E-state index in [0.29, 0.717) is 12.2 Å². The monoisotopic (exact) mass is 343 g/mol. The Hall–Kier alpha value is -1.76. The third-order valence-electron chi connectivity index (χ3n) is 4.56. The summed E-state index contributed by atoms with van der Waals surface area (Å²) in [6.07, 6.45) is 8.65. The lowest BCUT2D eigenvalue weighted by molar-refractivity contribution is -0.0681. The molecule has 2 unspecified atom stereocenters. The first-order valence-electron chi connectivity index (χ1n) is 9.23. The molecule has 6 heteroatoms. The van der Waals surface area contributed by atoms with E-state index < -0.39 is 0 Å². The molecule has 0 spiro atoms. The van der Waals surface area contributed by atoms with Crippen molar-refractivity contribution in [3.05, 3.63) is 36.3 Å². The van der Waals surface area contributed by atoms with E-state index in [4.69, 9.17) is 4.74 Å². The van der Waals surface area contributed by atoms with Crippen LogP contribution in [0.25, 0.3) is 11.3 Å². The van der Waals surface area contributed by atoms with Gasteiger partial charge in [0.25, 0.3) is 0 Å². The quantitative estimate of drug-likeness (QED) is 0.721. The van der Waals surface area contributed by atoms with Crippen LogP contribution in [0.4, 0.5) is 0 Å². The van der Waals surface area contributed by atoms with Gasteiger partial charge in [-0.25, -0.2) is 0 Å². The number of hydrogen-bond acceptors (Lipinski definition) is 5. The number of aromatic amines is 1. The predicted octanol–water partition coefficient (Wildman–Crippen LogP) is 2.45. The lowest BCUT2D eigenvalue weighted by Crippen LogP contribution is -2.45. The van der Waals surface area contributed by atoms with Gasteiger partial charge in [-0.3, -0.25) is 15.0 Å². The molecule has 1 saturated heterocycles. The zero-order valence-corrected chi connectivity index (χ0v) is 15.2. The maximum atomic E-state index is 5.78. The molecule has 2 N–H and O–H groups in total. The lowest BCUT2D eigenvalue weighted by atomic mass is 10.1. The van der Waals surface area contributed by atoms with Crippen LogP contribution in [-0.2, 0) is 11.3 Å². The van der Waals surface area contributed by atoms with Gasteiger partial charge in [0.05, 0.1) is 24.1 Å². The summed E-state index contributed by atoms with van der Waals surface area (Å²) in [4.78, 5) is 6.70. The van der Waals surface area contributed by atoms with Crippen LogP contribution in [0, 0.1) is 0 Å². The first kappa shape index (κ1) is 18.0. The maximum Gasteiger partial charge on any atom is 0.0710 e. The minimum Gasteiger partial charge on any atom is -0.373 e. The number of aromatic nitrogens is 3. The Morgan fingerprint density at radius 1 is 1.24 bits per heavy atom. The summed E-state index contributed by atoms with van der Waals surface area (Å²) in [6, 6.07) is 4.00. The first-order chi connectivity index (χ1) is 12.2. The van der Waals surface area contributed by atoms with Crippen molar-refractivity contribution in [2.45, 2.75) is 45.4 Å². The van der Waals surface area contributed by atoms with E-state index in [1.165, 1.54) is 18.4 Å². The summed E-state index contributed by atoms with van der Waals surface area (Å²) in [5.74, 6) is 0. The third kappa shape index (κ3) is 5.36. The highest BCUT2D eigenvalue weighted by Crippen LogP contribution is 2.19. The van der Waals surface area contributed by atoms with Gasteiger partial charge in [0.1, 0.15) is 0 Å². The Morgan fingerprint density at radius 3 is 2.84 bits per heavy atom. The number of hydrogen-bond donors (Lipinski definition) is 2. The van der Waals surface area contributed by atoms with E-state index in [1.807, 2.05) is 24.5 Å². The van der Waals surface area contributed by atoms with Crippen molar-refractivity contribution in [3.63, 3.8) is 0 Å². The molecule has 2 aromatic rings. The third-order valence-corrected chi connectivity index (χ3v) is 4.56. The zero-order valence-electron chi connectivity index (χ0n) is 15.2. The van der Waals surface area contributed by atoms with Gasteiger partial charge in [0.15, 0.2) is 0 Å². The zero-order chi connectivity index (χ0) is 17.5. The molecule has 2 atom stereocenters. The topological polar surface area (TPSA) is 66.1 Å². The number of unbranched alkanes of at least 4 members (excludes halogenated alkanes) is 1. The Bertz CT molecular complexity index is 620. The Kier molecular flexibility index (Phi) is 6.55. The van der Waals surface area contributed by atoms with Crippen molar-refractivity contribution in [1.82, 2.24) is 25.4 Å². The molecule has 136 valence electrons. The molecule has 0 amide bonds. The summed E-state index contributed by atoms with van der Waals surface area (Å²) < 4.78 is 5.78. The number of H-pyrrole nitrogens is 1. The molecule has 0 saturated carbocycles. The highest BCUT2D eigenvalue weighted by atomic mass is 16.5. The van der Waals surface area contributed by atoms with Crippen LogP contribution in [0.2, 0.25) is 0 Å². The summed E-state index contributed by atoms with van der Waals surface area (Å²) >= 11 is 0. The Morgan fingerprint density at radius 2 is 2.08 bits per heavy atom. The van der Waals surface area contributed by atoms with Gasteiger partial charge < -0.3 is 10.1 Å². The summed E-state index contributed by atoms with van der Waals surface area (Å²) in [5, 5.41) is 10.8. The molecule has 2 aromatic heterocycles. The van der Waals surface area contributed by atoms with Crippen LogP contribution in [0.15, 0.2) is 30.7 Å². The fraction of sp³-hybridized carbons (Fsp3) is 0.579. The highest BCUT2D eigenvalue weighted by Gasteiger charge is 2.21. The van der Waals surface area contributed by atoms with Gasteiger partial charge in [-0.15, -0.1) is 0 Å². The molecule has 6 nitrogen and oxygen atoms in total. The van der Waals surface area contributed by atoms with Gasteiger partial charge >= 0.3 is 0 Å². The number of nitrogens with zero attached hydrogens (tertiary/aromatic N) is 3. The molecule has 1 fully saturated rings. The molecule has 0 bridgehead atoms.